The molecule has 1 unspecified atom stereocenters. The van der Waals surface area contributed by atoms with E-state index in [2.05, 4.69) is 47.9 Å². The van der Waals surface area contributed by atoms with E-state index in [0.717, 1.165) is 31.8 Å². The van der Waals surface area contributed by atoms with Gasteiger partial charge in [0.05, 0.1) is 0 Å². The van der Waals surface area contributed by atoms with E-state index in [1.54, 1.807) is 0 Å². The van der Waals surface area contributed by atoms with Crippen LogP contribution >= 0.6 is 0 Å². The Kier molecular flexibility index (Phi) is 7.06. The summed E-state index contributed by atoms with van der Waals surface area (Å²) in [6, 6.07) is 1.12. The number of hydrogen-bond acceptors (Lipinski definition) is 4. The molecule has 0 spiro atoms. The monoisotopic (exact) mass is 318 g/mol. The van der Waals surface area contributed by atoms with Gasteiger partial charge in [-0.25, -0.2) is 9.97 Å². The third-order valence-electron chi connectivity index (χ3n) is 3.51. The Balaban J connectivity index is 2.76. The number of alkyl halides is 3. The maximum atomic E-state index is 12.6. The van der Waals surface area contributed by atoms with Crippen LogP contribution in [-0.2, 0) is 6.18 Å². The number of nitrogens with one attached hydrogen (secondary N) is 1. The summed E-state index contributed by atoms with van der Waals surface area (Å²) in [7, 11) is 0. The summed E-state index contributed by atoms with van der Waals surface area (Å²) in [5.41, 5.74) is -0.923. The fourth-order valence-corrected chi connectivity index (χ4v) is 2.46. The van der Waals surface area contributed by atoms with E-state index in [9.17, 15) is 13.2 Å². The number of nitrogens with zero attached hydrogens (tertiary/aromatic N) is 3. The van der Waals surface area contributed by atoms with Crippen LogP contribution < -0.4 is 5.32 Å². The molecule has 126 valence electrons. The molecule has 0 saturated carbocycles. The number of hydrogen-bond donors (Lipinski definition) is 1. The van der Waals surface area contributed by atoms with Crippen LogP contribution in [-0.4, -0.2) is 40.5 Å². The second-order valence-electron chi connectivity index (χ2n) is 5.65. The summed E-state index contributed by atoms with van der Waals surface area (Å²) < 4.78 is 37.9. The molecule has 1 aromatic heterocycles. The normalized spacial score (nSPS) is 13.7. The first kappa shape index (κ1) is 18.7. The lowest BCUT2D eigenvalue weighted by molar-refractivity contribution is -0.141. The van der Waals surface area contributed by atoms with Gasteiger partial charge in [-0.3, -0.25) is 4.90 Å². The van der Waals surface area contributed by atoms with Crippen molar-refractivity contribution in [1.29, 1.82) is 0 Å². The maximum Gasteiger partial charge on any atom is 0.433 e. The third-order valence-corrected chi connectivity index (χ3v) is 3.51. The minimum absolute atomic E-state index is 0.0238. The Labute approximate surface area is 130 Å². The Bertz CT molecular complexity index is 445. The highest BCUT2D eigenvalue weighted by molar-refractivity contribution is 5.26. The van der Waals surface area contributed by atoms with Crippen molar-refractivity contribution < 1.29 is 13.2 Å². The molecule has 0 radical (unpaired) electrons. The Hall–Kier alpha value is -1.37. The maximum absolute atomic E-state index is 12.6. The van der Waals surface area contributed by atoms with Crippen LogP contribution in [0, 0.1) is 5.92 Å². The molecule has 7 heteroatoms. The molecular formula is C15H25F3N4. The fraction of sp³-hybridized carbons (Fsp3) is 0.733. The van der Waals surface area contributed by atoms with Crippen molar-refractivity contribution in [3.8, 4) is 0 Å². The molecule has 0 aromatic carbocycles. The third kappa shape index (κ3) is 5.79. The van der Waals surface area contributed by atoms with E-state index in [4.69, 9.17) is 0 Å². The van der Waals surface area contributed by atoms with Gasteiger partial charge >= 0.3 is 6.18 Å². The molecule has 1 aromatic rings. The van der Waals surface area contributed by atoms with Crippen molar-refractivity contribution in [1.82, 2.24) is 14.9 Å². The average Bonchev–Trinajstić information content (AvgIpc) is 2.44. The average molecular weight is 318 g/mol. The molecule has 0 bridgehead atoms. The van der Waals surface area contributed by atoms with Crippen LogP contribution in [0.1, 0.15) is 39.8 Å². The van der Waals surface area contributed by atoms with Crippen LogP contribution in [0.15, 0.2) is 12.3 Å². The molecule has 1 N–H and O–H groups in total. The van der Waals surface area contributed by atoms with Crippen LogP contribution in [0.4, 0.5) is 19.1 Å². The molecule has 0 amide bonds. The highest BCUT2D eigenvalue weighted by Gasteiger charge is 2.32. The highest BCUT2D eigenvalue weighted by Crippen LogP contribution is 2.27. The van der Waals surface area contributed by atoms with E-state index < -0.39 is 11.9 Å². The zero-order valence-electron chi connectivity index (χ0n) is 13.6. The van der Waals surface area contributed by atoms with Crippen molar-refractivity contribution in [2.75, 3.05) is 25.0 Å². The van der Waals surface area contributed by atoms with Gasteiger partial charge in [-0.2, -0.15) is 13.2 Å². The lowest BCUT2D eigenvalue weighted by Crippen LogP contribution is -2.41. The largest absolute Gasteiger partial charge is 0.433 e. The van der Waals surface area contributed by atoms with Crippen molar-refractivity contribution in [2.24, 2.45) is 5.92 Å². The van der Waals surface area contributed by atoms with Crippen LogP contribution in [0.25, 0.3) is 0 Å². The summed E-state index contributed by atoms with van der Waals surface area (Å²) >= 11 is 0. The summed E-state index contributed by atoms with van der Waals surface area (Å²) in [6.07, 6.45) is -2.35. The molecule has 0 aliphatic rings. The zero-order valence-corrected chi connectivity index (χ0v) is 13.6. The molecule has 1 rings (SSSR count). The van der Waals surface area contributed by atoms with Gasteiger partial charge in [-0.05, 0) is 31.5 Å². The number of rotatable bonds is 8. The Morgan fingerprint density at radius 2 is 1.86 bits per heavy atom. The summed E-state index contributed by atoms with van der Waals surface area (Å²) in [5.74, 6) is 0.533. The Morgan fingerprint density at radius 3 is 2.36 bits per heavy atom. The molecule has 4 nitrogen and oxygen atoms in total. The second kappa shape index (κ2) is 8.31. The van der Waals surface area contributed by atoms with Crippen LogP contribution in [0.5, 0.6) is 0 Å². The summed E-state index contributed by atoms with van der Waals surface area (Å²) in [6.45, 7) is 10.8. The Morgan fingerprint density at radius 1 is 1.23 bits per heavy atom. The number of aromatic nitrogens is 2. The molecule has 0 aliphatic heterocycles. The van der Waals surface area contributed by atoms with Gasteiger partial charge in [0.15, 0.2) is 0 Å². The lowest BCUT2D eigenvalue weighted by atomic mass is 10.0. The van der Waals surface area contributed by atoms with E-state index in [-0.39, 0.29) is 12.0 Å². The predicted molar refractivity (Wildman–Crippen MR) is 81.7 cm³/mol. The summed E-state index contributed by atoms with van der Waals surface area (Å²) in [5, 5.41) is 2.95. The minimum atomic E-state index is -4.45. The first-order chi connectivity index (χ1) is 10.3. The van der Waals surface area contributed by atoms with Crippen LogP contribution in [0.3, 0.4) is 0 Å². The SMILES string of the molecule is CCN(CC)C(CNc1nccc(C(F)(F)F)n1)CC(C)C. The van der Waals surface area contributed by atoms with Crippen molar-refractivity contribution in [3.05, 3.63) is 18.0 Å². The first-order valence-corrected chi connectivity index (χ1v) is 7.66. The van der Waals surface area contributed by atoms with Gasteiger partial charge in [-0.15, -0.1) is 0 Å². The lowest BCUT2D eigenvalue weighted by Gasteiger charge is -2.31. The molecular weight excluding hydrogens is 293 g/mol. The topological polar surface area (TPSA) is 41.0 Å². The molecule has 1 heterocycles. The predicted octanol–water partition coefficient (Wildman–Crippen LogP) is 3.66. The molecule has 0 fully saturated rings. The highest BCUT2D eigenvalue weighted by atomic mass is 19.4. The van der Waals surface area contributed by atoms with Gasteiger partial charge < -0.3 is 5.32 Å². The smallest absolute Gasteiger partial charge is 0.353 e. The standard InChI is InChI=1S/C15H25F3N4/c1-5-22(6-2)12(9-11(3)4)10-20-14-19-8-7-13(21-14)15(16,17)18/h7-8,11-12H,5-6,9-10H2,1-4H3,(H,19,20,21). The zero-order chi connectivity index (χ0) is 16.8. The van der Waals surface area contributed by atoms with E-state index in [0.29, 0.717) is 12.5 Å². The quantitative estimate of drug-likeness (QED) is 0.794. The second-order valence-corrected chi connectivity index (χ2v) is 5.65. The molecule has 0 aliphatic carbocycles. The van der Waals surface area contributed by atoms with Crippen LogP contribution in [0.2, 0.25) is 0 Å². The van der Waals surface area contributed by atoms with Crippen molar-refractivity contribution in [3.63, 3.8) is 0 Å². The van der Waals surface area contributed by atoms with E-state index in [1.165, 1.54) is 0 Å². The number of likely N-dealkylation sites (N-methyl/N-ethyl adjacent to an activating group) is 1. The van der Waals surface area contributed by atoms with Crippen molar-refractivity contribution in [2.45, 2.75) is 46.3 Å². The number of anilines is 1. The van der Waals surface area contributed by atoms with Crippen molar-refractivity contribution >= 4 is 5.95 Å². The van der Waals surface area contributed by atoms with Gasteiger partial charge in [0, 0.05) is 18.8 Å². The minimum Gasteiger partial charge on any atom is -0.353 e. The van der Waals surface area contributed by atoms with E-state index >= 15 is 0 Å². The molecule has 0 saturated heterocycles. The fourth-order valence-electron chi connectivity index (χ4n) is 2.46. The molecule has 1 atom stereocenters. The van der Waals surface area contributed by atoms with Gasteiger partial charge in [-0.1, -0.05) is 27.7 Å². The summed E-state index contributed by atoms with van der Waals surface area (Å²) in [4.78, 5) is 9.71. The number of halogens is 3. The van der Waals surface area contributed by atoms with Gasteiger partial charge in [0.2, 0.25) is 5.95 Å². The first-order valence-electron chi connectivity index (χ1n) is 7.66. The van der Waals surface area contributed by atoms with E-state index in [1.807, 2.05) is 0 Å². The van der Waals surface area contributed by atoms with Gasteiger partial charge in [0.1, 0.15) is 5.69 Å². The van der Waals surface area contributed by atoms with Gasteiger partial charge in [0.25, 0.3) is 0 Å². The molecule has 22 heavy (non-hydrogen) atoms.